The fourth-order valence-corrected chi connectivity index (χ4v) is 2.88. The minimum atomic E-state index is -0.0931. The molecule has 0 radical (unpaired) electrons. The molecule has 8 heteroatoms. The summed E-state index contributed by atoms with van der Waals surface area (Å²) in [5, 5.41) is 14.7. The zero-order chi connectivity index (χ0) is 15.0. The van der Waals surface area contributed by atoms with Gasteiger partial charge in [0, 0.05) is 45.4 Å². The van der Waals surface area contributed by atoms with Crippen LogP contribution < -0.4 is 10.6 Å². The summed E-state index contributed by atoms with van der Waals surface area (Å²) in [5.74, 6) is 0.823. The fraction of sp³-hybridized carbons (Fsp3) is 0.500. The van der Waals surface area contributed by atoms with E-state index in [9.17, 15) is 4.79 Å². The molecule has 22 heavy (non-hydrogen) atoms. The van der Waals surface area contributed by atoms with E-state index in [0.29, 0.717) is 6.54 Å². The van der Waals surface area contributed by atoms with Crippen LogP contribution in [0.25, 0.3) is 0 Å². The topological polar surface area (TPSA) is 76.8 Å². The molecule has 1 amide bonds. The second kappa shape index (κ2) is 6.50. The maximum Gasteiger partial charge on any atom is 0.230 e. The van der Waals surface area contributed by atoms with Crippen molar-refractivity contribution in [2.75, 3.05) is 18.4 Å². The van der Waals surface area contributed by atoms with Crippen LogP contribution in [0.1, 0.15) is 17.2 Å². The summed E-state index contributed by atoms with van der Waals surface area (Å²) in [6.45, 7) is 3.39. The Bertz CT molecular complexity index is 664. The molecule has 2 aromatic rings. The van der Waals surface area contributed by atoms with Crippen molar-refractivity contribution in [3.8, 4) is 0 Å². The Kier molecular flexibility index (Phi) is 4.87. The Morgan fingerprint density at radius 2 is 2.18 bits per heavy atom. The highest BCUT2D eigenvalue weighted by atomic mass is 35.5. The number of rotatable bonds is 3. The zero-order valence-electron chi connectivity index (χ0n) is 12.9. The lowest BCUT2D eigenvalue weighted by Gasteiger charge is -2.16. The van der Waals surface area contributed by atoms with E-state index in [-0.39, 0.29) is 30.2 Å². The fourth-order valence-electron chi connectivity index (χ4n) is 2.88. The van der Waals surface area contributed by atoms with Crippen LogP contribution in [0.3, 0.4) is 0 Å². The van der Waals surface area contributed by atoms with Crippen molar-refractivity contribution in [2.24, 2.45) is 20.0 Å². The Hall–Kier alpha value is -1.86. The van der Waals surface area contributed by atoms with Crippen LogP contribution in [-0.2, 0) is 18.9 Å². The van der Waals surface area contributed by atoms with Gasteiger partial charge in [0.25, 0.3) is 0 Å². The number of nitrogens with zero attached hydrogens (tertiary/aromatic N) is 4. The standard InChI is InChI=1S/C14H20N6O.ClH/c1-9-4-13(20(3)18-9)17-14(21)12-7-15-6-11(12)10-5-16-19(2)8-10;/h4-5,8,11-12,15H,6-7H2,1-3H3,(H,17,21);1H/t11-,12+;/m1./s1. The minimum Gasteiger partial charge on any atom is -0.315 e. The van der Waals surface area contributed by atoms with Crippen molar-refractivity contribution < 1.29 is 4.79 Å². The van der Waals surface area contributed by atoms with Gasteiger partial charge in [-0.1, -0.05) is 0 Å². The van der Waals surface area contributed by atoms with E-state index in [1.807, 2.05) is 39.5 Å². The molecule has 1 fully saturated rings. The normalized spacial score (nSPS) is 20.7. The van der Waals surface area contributed by atoms with E-state index in [1.54, 1.807) is 9.36 Å². The maximum absolute atomic E-state index is 12.5. The van der Waals surface area contributed by atoms with Gasteiger partial charge >= 0.3 is 0 Å². The average Bonchev–Trinajstić information content (AvgIpc) is 3.10. The molecule has 1 aliphatic heterocycles. The second-order valence-electron chi connectivity index (χ2n) is 5.60. The van der Waals surface area contributed by atoms with E-state index in [0.717, 1.165) is 23.6 Å². The van der Waals surface area contributed by atoms with Crippen molar-refractivity contribution in [2.45, 2.75) is 12.8 Å². The number of anilines is 1. The number of nitrogens with one attached hydrogen (secondary N) is 2. The Morgan fingerprint density at radius 3 is 2.77 bits per heavy atom. The quantitative estimate of drug-likeness (QED) is 0.876. The first-order valence-electron chi connectivity index (χ1n) is 7.05. The lowest BCUT2D eigenvalue weighted by molar-refractivity contribution is -0.119. The van der Waals surface area contributed by atoms with Gasteiger partial charge in [-0.15, -0.1) is 12.4 Å². The number of aromatic nitrogens is 4. The van der Waals surface area contributed by atoms with Gasteiger partial charge in [0.2, 0.25) is 5.91 Å². The summed E-state index contributed by atoms with van der Waals surface area (Å²) in [6, 6.07) is 1.87. The van der Waals surface area contributed by atoms with E-state index >= 15 is 0 Å². The van der Waals surface area contributed by atoms with Gasteiger partial charge in [0.05, 0.1) is 17.8 Å². The monoisotopic (exact) mass is 324 g/mol. The van der Waals surface area contributed by atoms with Gasteiger partial charge in [0.15, 0.2) is 0 Å². The number of hydrogen-bond donors (Lipinski definition) is 2. The predicted octanol–water partition coefficient (Wildman–Crippen LogP) is 0.826. The highest BCUT2D eigenvalue weighted by Crippen LogP contribution is 2.28. The first-order valence-corrected chi connectivity index (χ1v) is 7.05. The van der Waals surface area contributed by atoms with Crippen molar-refractivity contribution in [3.05, 3.63) is 29.7 Å². The molecule has 1 aliphatic rings. The largest absolute Gasteiger partial charge is 0.315 e. The molecule has 0 spiro atoms. The molecular formula is C14H21ClN6O. The lowest BCUT2D eigenvalue weighted by Crippen LogP contribution is -2.28. The van der Waals surface area contributed by atoms with Crippen LogP contribution in [0.5, 0.6) is 0 Å². The molecule has 0 unspecified atom stereocenters. The number of carbonyl (C=O) groups excluding carboxylic acids is 1. The van der Waals surface area contributed by atoms with Gasteiger partial charge < -0.3 is 10.6 Å². The van der Waals surface area contributed by atoms with Crippen LogP contribution in [-0.4, -0.2) is 38.6 Å². The average molecular weight is 325 g/mol. The van der Waals surface area contributed by atoms with Gasteiger partial charge in [-0.05, 0) is 12.5 Å². The molecule has 0 saturated carbocycles. The molecule has 1 saturated heterocycles. The summed E-state index contributed by atoms with van der Waals surface area (Å²) in [5.41, 5.74) is 1.99. The van der Waals surface area contributed by atoms with E-state index in [1.165, 1.54) is 0 Å². The van der Waals surface area contributed by atoms with E-state index in [2.05, 4.69) is 20.8 Å². The number of hydrogen-bond acceptors (Lipinski definition) is 4. The molecule has 0 aliphatic carbocycles. The van der Waals surface area contributed by atoms with Crippen molar-refractivity contribution in [3.63, 3.8) is 0 Å². The van der Waals surface area contributed by atoms with E-state index in [4.69, 9.17) is 0 Å². The molecule has 7 nitrogen and oxygen atoms in total. The van der Waals surface area contributed by atoms with E-state index < -0.39 is 0 Å². The number of halogens is 1. The summed E-state index contributed by atoms with van der Waals surface area (Å²) in [6.07, 6.45) is 3.82. The van der Waals surface area contributed by atoms with Gasteiger partial charge in [-0.2, -0.15) is 10.2 Å². The van der Waals surface area contributed by atoms with Crippen LogP contribution in [0.4, 0.5) is 5.82 Å². The lowest BCUT2D eigenvalue weighted by atomic mass is 9.90. The molecule has 120 valence electrons. The Balaban J connectivity index is 0.00000176. The second-order valence-corrected chi connectivity index (χ2v) is 5.60. The third-order valence-corrected chi connectivity index (χ3v) is 3.96. The Labute approximate surface area is 135 Å². The number of aryl methyl sites for hydroxylation is 3. The highest BCUT2D eigenvalue weighted by Gasteiger charge is 2.35. The summed E-state index contributed by atoms with van der Waals surface area (Å²) >= 11 is 0. The van der Waals surface area contributed by atoms with Crippen molar-refractivity contribution >= 4 is 24.1 Å². The van der Waals surface area contributed by atoms with Gasteiger partial charge in [-0.25, -0.2) is 0 Å². The first-order chi connectivity index (χ1) is 10.0. The molecule has 0 aromatic carbocycles. The molecule has 3 rings (SSSR count). The maximum atomic E-state index is 12.5. The molecule has 0 bridgehead atoms. The van der Waals surface area contributed by atoms with Gasteiger partial charge in [-0.3, -0.25) is 14.2 Å². The molecule has 3 heterocycles. The Morgan fingerprint density at radius 1 is 1.41 bits per heavy atom. The van der Waals surface area contributed by atoms with Gasteiger partial charge in [0.1, 0.15) is 5.82 Å². The van der Waals surface area contributed by atoms with Crippen molar-refractivity contribution in [1.29, 1.82) is 0 Å². The van der Waals surface area contributed by atoms with Crippen molar-refractivity contribution in [1.82, 2.24) is 24.9 Å². The summed E-state index contributed by atoms with van der Waals surface area (Å²) in [4.78, 5) is 12.5. The number of amides is 1. The summed E-state index contributed by atoms with van der Waals surface area (Å²) in [7, 11) is 3.72. The predicted molar refractivity (Wildman–Crippen MR) is 86.1 cm³/mol. The van der Waals surface area contributed by atoms with Crippen LogP contribution >= 0.6 is 12.4 Å². The molecule has 2 N–H and O–H groups in total. The first kappa shape index (κ1) is 16.5. The molecule has 2 atom stereocenters. The smallest absolute Gasteiger partial charge is 0.230 e. The molecule has 2 aromatic heterocycles. The SMILES string of the molecule is Cc1cc(NC(=O)[C@H]2CNC[C@@H]2c2cnn(C)c2)n(C)n1.Cl. The van der Waals surface area contributed by atoms with Crippen LogP contribution in [0.15, 0.2) is 18.5 Å². The third-order valence-electron chi connectivity index (χ3n) is 3.96. The van der Waals surface area contributed by atoms with Crippen LogP contribution in [0.2, 0.25) is 0 Å². The van der Waals surface area contributed by atoms with Crippen LogP contribution in [0, 0.1) is 12.8 Å². The zero-order valence-corrected chi connectivity index (χ0v) is 13.7. The summed E-state index contributed by atoms with van der Waals surface area (Å²) < 4.78 is 3.46. The highest BCUT2D eigenvalue weighted by molar-refractivity contribution is 5.93. The molecular weight excluding hydrogens is 304 g/mol. The minimum absolute atomic E-state index is 0. The third kappa shape index (κ3) is 3.15. The number of carbonyl (C=O) groups is 1.